The van der Waals surface area contributed by atoms with Crippen LogP contribution >= 0.6 is 0 Å². The van der Waals surface area contributed by atoms with Gasteiger partial charge in [-0.2, -0.15) is 20.1 Å². The number of benzene rings is 1. The predicted octanol–water partition coefficient (Wildman–Crippen LogP) is 2.49. The van der Waals surface area contributed by atoms with Gasteiger partial charge in [0.15, 0.2) is 5.82 Å². The molecule has 1 saturated carbocycles. The van der Waals surface area contributed by atoms with Crippen molar-refractivity contribution in [3.63, 3.8) is 0 Å². The van der Waals surface area contributed by atoms with Crippen LogP contribution in [0.25, 0.3) is 22.3 Å². The van der Waals surface area contributed by atoms with Gasteiger partial charge in [0.2, 0.25) is 11.9 Å². The summed E-state index contributed by atoms with van der Waals surface area (Å²) < 4.78 is 0. The molecule has 0 bridgehead atoms. The summed E-state index contributed by atoms with van der Waals surface area (Å²) in [5.74, 6) is 1.16. The predicted molar refractivity (Wildman–Crippen MR) is 98.1 cm³/mol. The molecular formula is C18H16N8. The number of aromatic amines is 1. The summed E-state index contributed by atoms with van der Waals surface area (Å²) in [6.07, 6.45) is 5.53. The lowest BCUT2D eigenvalue weighted by Crippen LogP contribution is -2.22. The van der Waals surface area contributed by atoms with Gasteiger partial charge in [0.05, 0.1) is 22.9 Å². The second kappa shape index (κ2) is 5.48. The third-order valence-electron chi connectivity index (χ3n) is 4.61. The van der Waals surface area contributed by atoms with E-state index < -0.39 is 0 Å². The molecule has 1 aliphatic rings. The van der Waals surface area contributed by atoms with E-state index in [0.29, 0.717) is 11.8 Å². The summed E-state index contributed by atoms with van der Waals surface area (Å²) in [5.41, 5.74) is 8.46. The number of anilines is 2. The third-order valence-corrected chi connectivity index (χ3v) is 4.61. The first-order valence-electron chi connectivity index (χ1n) is 8.37. The van der Waals surface area contributed by atoms with Crippen molar-refractivity contribution in [1.29, 1.82) is 0 Å². The second-order valence-electron chi connectivity index (χ2n) is 6.43. The molecule has 0 atom stereocenters. The number of nitrogens with two attached hydrogens (primary N) is 1. The van der Waals surface area contributed by atoms with E-state index in [1.807, 2.05) is 36.4 Å². The standard InChI is InChI=1S/C18H16N8/c19-16-22-15(11-4-5-12-10-21-26-13(12)9-11)23-17(24-16)25-18(6-7-18)14-3-1-2-8-20-14/h1-5,8-10H,6-7H2,(H,21,26)(H3,19,22,23,24,25). The third kappa shape index (κ3) is 2.52. The lowest BCUT2D eigenvalue weighted by Gasteiger charge is -2.17. The molecule has 0 radical (unpaired) electrons. The normalized spacial score (nSPS) is 15.1. The molecule has 1 fully saturated rings. The molecule has 4 aromatic rings. The molecule has 26 heavy (non-hydrogen) atoms. The van der Waals surface area contributed by atoms with Crippen molar-refractivity contribution in [3.05, 3.63) is 54.5 Å². The molecule has 128 valence electrons. The van der Waals surface area contributed by atoms with Crippen molar-refractivity contribution in [1.82, 2.24) is 30.1 Å². The molecule has 0 amide bonds. The van der Waals surface area contributed by atoms with E-state index in [2.05, 4.69) is 35.5 Å². The Labute approximate surface area is 148 Å². The van der Waals surface area contributed by atoms with Crippen LogP contribution < -0.4 is 11.1 Å². The minimum atomic E-state index is -0.223. The minimum Gasteiger partial charge on any atom is -0.368 e. The summed E-state index contributed by atoms with van der Waals surface area (Å²) in [5, 5.41) is 11.4. The molecule has 4 N–H and O–H groups in total. The van der Waals surface area contributed by atoms with Gasteiger partial charge in [-0.3, -0.25) is 10.1 Å². The Morgan fingerprint density at radius 3 is 2.81 bits per heavy atom. The van der Waals surface area contributed by atoms with Crippen LogP contribution in [0.15, 0.2) is 48.8 Å². The van der Waals surface area contributed by atoms with Crippen molar-refractivity contribution < 1.29 is 0 Å². The average Bonchev–Trinajstić information content (AvgIpc) is 3.28. The van der Waals surface area contributed by atoms with Gasteiger partial charge in [-0.15, -0.1) is 0 Å². The summed E-state index contributed by atoms with van der Waals surface area (Å²) >= 11 is 0. The van der Waals surface area contributed by atoms with Crippen molar-refractivity contribution in [3.8, 4) is 11.4 Å². The number of aromatic nitrogens is 6. The number of pyridine rings is 1. The highest BCUT2D eigenvalue weighted by Crippen LogP contribution is 2.46. The lowest BCUT2D eigenvalue weighted by molar-refractivity contribution is 0.753. The highest BCUT2D eigenvalue weighted by Gasteiger charge is 2.46. The maximum atomic E-state index is 5.93. The summed E-state index contributed by atoms with van der Waals surface area (Å²) in [4.78, 5) is 17.6. The Balaban J connectivity index is 1.51. The molecule has 3 aromatic heterocycles. The Morgan fingerprint density at radius 1 is 1.08 bits per heavy atom. The van der Waals surface area contributed by atoms with Gasteiger partial charge < -0.3 is 11.1 Å². The van der Waals surface area contributed by atoms with Gasteiger partial charge in [0, 0.05) is 17.1 Å². The van der Waals surface area contributed by atoms with E-state index in [9.17, 15) is 0 Å². The summed E-state index contributed by atoms with van der Waals surface area (Å²) in [6, 6.07) is 11.8. The van der Waals surface area contributed by atoms with Gasteiger partial charge in [-0.1, -0.05) is 18.2 Å². The van der Waals surface area contributed by atoms with Gasteiger partial charge in [0.1, 0.15) is 0 Å². The average molecular weight is 344 g/mol. The van der Waals surface area contributed by atoms with E-state index in [1.165, 1.54) is 0 Å². The molecule has 0 spiro atoms. The van der Waals surface area contributed by atoms with Crippen molar-refractivity contribution in [2.45, 2.75) is 18.4 Å². The minimum absolute atomic E-state index is 0.180. The Hall–Kier alpha value is -3.55. The second-order valence-corrected chi connectivity index (χ2v) is 6.43. The Bertz CT molecular complexity index is 1080. The Morgan fingerprint density at radius 2 is 2.00 bits per heavy atom. The lowest BCUT2D eigenvalue weighted by atomic mass is 10.1. The molecule has 3 heterocycles. The number of hydrogen-bond acceptors (Lipinski definition) is 7. The van der Waals surface area contributed by atoms with Gasteiger partial charge >= 0.3 is 0 Å². The summed E-state index contributed by atoms with van der Waals surface area (Å²) in [7, 11) is 0. The zero-order valence-electron chi connectivity index (χ0n) is 13.8. The fourth-order valence-electron chi connectivity index (χ4n) is 3.08. The van der Waals surface area contributed by atoms with Crippen molar-refractivity contribution in [2.24, 2.45) is 0 Å². The number of nitrogen functional groups attached to an aromatic ring is 1. The van der Waals surface area contributed by atoms with E-state index in [-0.39, 0.29) is 11.5 Å². The number of nitrogens with zero attached hydrogens (tertiary/aromatic N) is 5. The largest absolute Gasteiger partial charge is 0.368 e. The number of rotatable bonds is 4. The molecule has 0 aliphatic heterocycles. The fraction of sp³-hybridized carbons (Fsp3) is 0.167. The van der Waals surface area contributed by atoms with Crippen molar-refractivity contribution in [2.75, 3.05) is 11.1 Å². The molecule has 0 unspecified atom stereocenters. The van der Waals surface area contributed by atoms with Crippen LogP contribution in [0.4, 0.5) is 11.9 Å². The van der Waals surface area contributed by atoms with E-state index in [0.717, 1.165) is 35.0 Å². The van der Waals surface area contributed by atoms with Crippen LogP contribution in [-0.2, 0) is 5.54 Å². The molecular weight excluding hydrogens is 328 g/mol. The molecule has 8 nitrogen and oxygen atoms in total. The van der Waals surface area contributed by atoms with E-state index >= 15 is 0 Å². The number of H-pyrrole nitrogens is 1. The van der Waals surface area contributed by atoms with Crippen LogP contribution in [0, 0.1) is 0 Å². The molecule has 1 aliphatic carbocycles. The maximum absolute atomic E-state index is 5.93. The van der Waals surface area contributed by atoms with E-state index in [4.69, 9.17) is 5.73 Å². The first-order chi connectivity index (χ1) is 12.7. The SMILES string of the molecule is Nc1nc(NC2(c3ccccn3)CC2)nc(-c2ccc3cn[nH]c3c2)n1. The monoisotopic (exact) mass is 344 g/mol. The molecule has 8 heteroatoms. The molecule has 5 rings (SSSR count). The Kier molecular flexibility index (Phi) is 3.11. The number of hydrogen-bond donors (Lipinski definition) is 3. The van der Waals surface area contributed by atoms with Crippen LogP contribution in [0.2, 0.25) is 0 Å². The molecule has 1 aromatic carbocycles. The van der Waals surface area contributed by atoms with Gasteiger partial charge in [-0.25, -0.2) is 0 Å². The summed E-state index contributed by atoms with van der Waals surface area (Å²) in [6.45, 7) is 0. The molecule has 0 saturated heterocycles. The van der Waals surface area contributed by atoms with Gasteiger partial charge in [-0.05, 0) is 31.0 Å². The van der Waals surface area contributed by atoms with Gasteiger partial charge in [0.25, 0.3) is 0 Å². The fourth-order valence-corrected chi connectivity index (χ4v) is 3.08. The van der Waals surface area contributed by atoms with Crippen LogP contribution in [0.5, 0.6) is 0 Å². The van der Waals surface area contributed by atoms with Crippen LogP contribution in [0.3, 0.4) is 0 Å². The van der Waals surface area contributed by atoms with Crippen molar-refractivity contribution >= 4 is 22.8 Å². The van der Waals surface area contributed by atoms with E-state index in [1.54, 1.807) is 12.4 Å². The first kappa shape index (κ1) is 14.8. The maximum Gasteiger partial charge on any atom is 0.228 e. The topological polar surface area (TPSA) is 118 Å². The quantitative estimate of drug-likeness (QED) is 0.520. The van der Waals surface area contributed by atoms with Crippen LogP contribution in [0.1, 0.15) is 18.5 Å². The highest BCUT2D eigenvalue weighted by molar-refractivity contribution is 5.82. The smallest absolute Gasteiger partial charge is 0.228 e. The number of fused-ring (bicyclic) bond motifs is 1. The zero-order chi connectivity index (χ0) is 17.6. The zero-order valence-corrected chi connectivity index (χ0v) is 13.8. The highest BCUT2D eigenvalue weighted by atomic mass is 15.2. The number of nitrogens with one attached hydrogen (secondary N) is 2. The van der Waals surface area contributed by atoms with Crippen LogP contribution in [-0.4, -0.2) is 30.1 Å². The first-order valence-corrected chi connectivity index (χ1v) is 8.37.